The Balaban J connectivity index is 4.90. The number of hydrogen-bond donors (Lipinski definition) is 0. The van der Waals surface area contributed by atoms with Gasteiger partial charge in [0.1, 0.15) is 5.76 Å². The van der Waals surface area contributed by atoms with E-state index in [2.05, 4.69) is 33.9 Å². The van der Waals surface area contributed by atoms with E-state index in [1.54, 1.807) is 13.4 Å². The summed E-state index contributed by atoms with van der Waals surface area (Å²) < 4.78 is 11.2. The molecule has 94 valence electrons. The molecule has 3 heteroatoms. The van der Waals surface area contributed by atoms with Crippen LogP contribution < -0.4 is 0 Å². The zero-order valence-electron chi connectivity index (χ0n) is 12.0. The summed E-state index contributed by atoms with van der Waals surface area (Å²) >= 11 is 0. The van der Waals surface area contributed by atoms with E-state index in [1.807, 2.05) is 19.9 Å². The van der Waals surface area contributed by atoms with Crippen molar-refractivity contribution in [2.45, 2.75) is 52.8 Å². The van der Waals surface area contributed by atoms with Crippen LogP contribution in [0.15, 0.2) is 23.7 Å². The molecule has 0 aromatic rings. The van der Waals surface area contributed by atoms with Crippen LogP contribution in [-0.2, 0) is 9.16 Å². The second kappa shape index (κ2) is 5.57. The molecule has 0 fully saturated rings. The quantitative estimate of drug-likeness (QED) is 0.411. The molecule has 0 aromatic heterocycles. The van der Waals surface area contributed by atoms with Crippen LogP contribution in [0.1, 0.15) is 34.6 Å². The molecule has 2 nitrogen and oxygen atoms in total. The summed E-state index contributed by atoms with van der Waals surface area (Å²) in [6, 6.07) is 0. The highest BCUT2D eigenvalue weighted by molar-refractivity contribution is 6.74. The molecule has 0 N–H and O–H groups in total. The predicted molar refractivity (Wildman–Crippen MR) is 72.8 cm³/mol. The maximum atomic E-state index is 6.22. The van der Waals surface area contributed by atoms with Crippen molar-refractivity contribution in [3.8, 4) is 0 Å². The van der Waals surface area contributed by atoms with Gasteiger partial charge in [-0.15, -0.1) is 0 Å². The van der Waals surface area contributed by atoms with Gasteiger partial charge in [0.25, 0.3) is 0 Å². The molecule has 0 saturated carbocycles. The molecule has 0 atom stereocenters. The minimum absolute atomic E-state index is 0.217. The zero-order valence-corrected chi connectivity index (χ0v) is 13.0. The van der Waals surface area contributed by atoms with Gasteiger partial charge in [-0.3, -0.25) is 0 Å². The third-order valence-electron chi connectivity index (χ3n) is 3.12. The van der Waals surface area contributed by atoms with E-state index in [0.717, 1.165) is 11.3 Å². The third-order valence-corrected chi connectivity index (χ3v) is 7.46. The summed E-state index contributed by atoms with van der Waals surface area (Å²) in [6.45, 7) is 15.2. The highest BCUT2D eigenvalue weighted by Crippen LogP contribution is 2.38. The summed E-state index contributed by atoms with van der Waals surface area (Å²) in [5, 5.41) is 0.217. The van der Waals surface area contributed by atoms with Crippen LogP contribution >= 0.6 is 0 Å². The highest BCUT2D eigenvalue weighted by Gasteiger charge is 2.39. The molecule has 0 saturated heterocycles. The van der Waals surface area contributed by atoms with Crippen molar-refractivity contribution in [3.63, 3.8) is 0 Å². The summed E-state index contributed by atoms with van der Waals surface area (Å²) in [6.07, 6.45) is 3.73. The van der Waals surface area contributed by atoms with E-state index in [9.17, 15) is 0 Å². The van der Waals surface area contributed by atoms with E-state index in [1.165, 1.54) is 0 Å². The van der Waals surface area contributed by atoms with Gasteiger partial charge in [-0.25, -0.2) is 0 Å². The molecule has 0 aromatic carbocycles. The van der Waals surface area contributed by atoms with E-state index in [0.29, 0.717) is 0 Å². The van der Waals surface area contributed by atoms with Gasteiger partial charge in [0, 0.05) is 5.57 Å². The fourth-order valence-corrected chi connectivity index (χ4v) is 2.16. The van der Waals surface area contributed by atoms with Gasteiger partial charge in [-0.2, -0.15) is 0 Å². The fraction of sp³-hybridized carbons (Fsp3) is 0.692. The Morgan fingerprint density at radius 1 is 1.19 bits per heavy atom. The van der Waals surface area contributed by atoms with Gasteiger partial charge >= 0.3 is 0 Å². The average molecular weight is 242 g/mol. The molecule has 0 aliphatic heterocycles. The molecule has 0 aliphatic rings. The molecule has 0 aliphatic carbocycles. The van der Waals surface area contributed by atoms with Crippen molar-refractivity contribution in [1.82, 2.24) is 0 Å². The smallest absolute Gasteiger partial charge is 0.250 e. The normalized spacial score (nSPS) is 15.0. The van der Waals surface area contributed by atoms with Crippen LogP contribution in [0.3, 0.4) is 0 Å². The molecule has 0 bridgehead atoms. The minimum Gasteiger partial charge on any atom is -0.543 e. The summed E-state index contributed by atoms with van der Waals surface area (Å²) in [4.78, 5) is 0. The SMILES string of the molecule is C/C=C(O[Si](C)(C)C(C)(C)C)\C(C)=C\OC. The van der Waals surface area contributed by atoms with Crippen LogP contribution in [0, 0.1) is 0 Å². The fourth-order valence-electron chi connectivity index (χ4n) is 1.03. The van der Waals surface area contributed by atoms with Crippen LogP contribution in [0.4, 0.5) is 0 Å². The van der Waals surface area contributed by atoms with Crippen LogP contribution in [0.2, 0.25) is 18.1 Å². The number of ether oxygens (including phenoxy) is 1. The maximum Gasteiger partial charge on any atom is 0.250 e. The zero-order chi connectivity index (χ0) is 13.0. The lowest BCUT2D eigenvalue weighted by Gasteiger charge is -2.37. The van der Waals surface area contributed by atoms with Crippen molar-refractivity contribution in [3.05, 3.63) is 23.7 Å². The summed E-state index contributed by atoms with van der Waals surface area (Å²) in [7, 11) is -0.0896. The second-order valence-corrected chi connectivity index (χ2v) is 10.3. The topological polar surface area (TPSA) is 18.5 Å². The summed E-state index contributed by atoms with van der Waals surface area (Å²) in [5.41, 5.74) is 1.04. The maximum absolute atomic E-state index is 6.22. The second-order valence-electron chi connectivity index (χ2n) is 5.55. The molecule has 0 amide bonds. The largest absolute Gasteiger partial charge is 0.543 e. The Labute approximate surface area is 101 Å². The predicted octanol–water partition coefficient (Wildman–Crippen LogP) is 4.46. The lowest BCUT2D eigenvalue weighted by atomic mass is 10.2. The monoisotopic (exact) mass is 242 g/mol. The minimum atomic E-state index is -1.75. The average Bonchev–Trinajstić information content (AvgIpc) is 2.12. The third kappa shape index (κ3) is 4.04. The van der Waals surface area contributed by atoms with E-state index in [-0.39, 0.29) is 5.04 Å². The Morgan fingerprint density at radius 2 is 1.69 bits per heavy atom. The van der Waals surface area contributed by atoms with Crippen LogP contribution in [-0.4, -0.2) is 15.4 Å². The first-order valence-corrected chi connectivity index (χ1v) is 8.62. The van der Waals surface area contributed by atoms with Crippen LogP contribution in [0.25, 0.3) is 0 Å². The van der Waals surface area contributed by atoms with Crippen molar-refractivity contribution < 1.29 is 9.16 Å². The number of methoxy groups -OCH3 is 1. The molecular formula is C13H26O2Si. The van der Waals surface area contributed by atoms with Crippen molar-refractivity contribution in [2.24, 2.45) is 0 Å². The van der Waals surface area contributed by atoms with Gasteiger partial charge in [-0.1, -0.05) is 20.8 Å². The Morgan fingerprint density at radius 3 is 2.00 bits per heavy atom. The first-order valence-electron chi connectivity index (χ1n) is 5.71. The standard InChI is InChI=1S/C13H26O2Si/c1-9-12(11(2)10-14-6)15-16(7,8)13(3,4)5/h9-10H,1-8H3/b11-10+,12-9+. The molecular weight excluding hydrogens is 216 g/mol. The Hall–Kier alpha value is -0.703. The highest BCUT2D eigenvalue weighted by atomic mass is 28.4. The van der Waals surface area contributed by atoms with Gasteiger partial charge in [0.05, 0.1) is 13.4 Å². The number of allylic oxidation sites excluding steroid dienone is 2. The molecule has 0 unspecified atom stereocenters. The number of hydrogen-bond acceptors (Lipinski definition) is 2. The molecule has 0 radical (unpaired) electrons. The molecule has 0 rings (SSSR count). The van der Waals surface area contributed by atoms with Crippen LogP contribution in [0.5, 0.6) is 0 Å². The first-order chi connectivity index (χ1) is 7.15. The molecule has 16 heavy (non-hydrogen) atoms. The van der Waals surface area contributed by atoms with Gasteiger partial charge in [0.2, 0.25) is 8.32 Å². The molecule has 0 heterocycles. The van der Waals surface area contributed by atoms with Gasteiger partial charge < -0.3 is 9.16 Å². The van der Waals surface area contributed by atoms with E-state index in [4.69, 9.17) is 9.16 Å². The number of rotatable bonds is 4. The van der Waals surface area contributed by atoms with Crippen molar-refractivity contribution in [1.29, 1.82) is 0 Å². The Kier molecular flexibility index (Phi) is 5.33. The van der Waals surface area contributed by atoms with E-state index >= 15 is 0 Å². The van der Waals surface area contributed by atoms with Gasteiger partial charge in [-0.05, 0) is 38.1 Å². The lowest BCUT2D eigenvalue weighted by Crippen LogP contribution is -2.40. The van der Waals surface area contributed by atoms with E-state index < -0.39 is 8.32 Å². The summed E-state index contributed by atoms with van der Waals surface area (Å²) in [5.74, 6) is 0.938. The van der Waals surface area contributed by atoms with Crippen molar-refractivity contribution >= 4 is 8.32 Å². The molecule has 0 spiro atoms. The van der Waals surface area contributed by atoms with Gasteiger partial charge in [0.15, 0.2) is 0 Å². The first kappa shape index (κ1) is 15.3. The lowest BCUT2D eigenvalue weighted by molar-refractivity contribution is 0.326. The van der Waals surface area contributed by atoms with Crippen molar-refractivity contribution in [2.75, 3.05) is 7.11 Å². The Bertz CT molecular complexity index is 283.